The topological polar surface area (TPSA) is 59.0 Å². The number of halogens is 1. The summed E-state index contributed by atoms with van der Waals surface area (Å²) in [6, 6.07) is 4.35. The molecule has 1 heterocycles. The van der Waals surface area contributed by atoms with Crippen molar-refractivity contribution < 1.29 is 23.8 Å². The zero-order chi connectivity index (χ0) is 15.2. The molecule has 21 heavy (non-hydrogen) atoms. The first kappa shape index (κ1) is 15.7. The fourth-order valence-corrected chi connectivity index (χ4v) is 2.49. The summed E-state index contributed by atoms with van der Waals surface area (Å²) in [5.74, 6) is -0.679. The van der Waals surface area contributed by atoms with Gasteiger partial charge >= 0.3 is 0 Å². The van der Waals surface area contributed by atoms with E-state index in [1.54, 1.807) is 11.0 Å². The molecule has 5 nitrogen and oxygen atoms in total. The van der Waals surface area contributed by atoms with Crippen molar-refractivity contribution in [2.24, 2.45) is 0 Å². The second kappa shape index (κ2) is 7.38. The molecule has 0 aliphatic carbocycles. The molecule has 1 fully saturated rings. The van der Waals surface area contributed by atoms with Gasteiger partial charge in [0.15, 0.2) is 0 Å². The molecule has 1 saturated heterocycles. The van der Waals surface area contributed by atoms with Crippen molar-refractivity contribution in [3.63, 3.8) is 0 Å². The van der Waals surface area contributed by atoms with Gasteiger partial charge in [0.25, 0.3) is 5.91 Å². The number of hydrogen-bond donors (Lipinski definition) is 1. The van der Waals surface area contributed by atoms with E-state index in [9.17, 15) is 9.18 Å². The van der Waals surface area contributed by atoms with Crippen LogP contribution in [-0.2, 0) is 4.74 Å². The lowest BCUT2D eigenvalue weighted by Gasteiger charge is -2.32. The Morgan fingerprint density at radius 1 is 1.43 bits per heavy atom. The van der Waals surface area contributed by atoms with E-state index < -0.39 is 5.82 Å². The molecular weight excluding hydrogens is 277 g/mol. The number of carbonyl (C=O) groups is 1. The van der Waals surface area contributed by atoms with Gasteiger partial charge in [0.1, 0.15) is 17.1 Å². The van der Waals surface area contributed by atoms with Gasteiger partial charge in [-0.1, -0.05) is 6.07 Å². The van der Waals surface area contributed by atoms with Crippen LogP contribution in [0.5, 0.6) is 5.75 Å². The molecule has 116 valence electrons. The maximum Gasteiger partial charge on any atom is 0.260 e. The molecule has 1 aromatic rings. The minimum Gasteiger partial charge on any atom is -0.496 e. The molecule has 0 unspecified atom stereocenters. The fourth-order valence-electron chi connectivity index (χ4n) is 2.49. The van der Waals surface area contributed by atoms with Gasteiger partial charge in [0.05, 0.1) is 26.4 Å². The smallest absolute Gasteiger partial charge is 0.260 e. The number of likely N-dealkylation sites (tertiary alicyclic amines) is 1. The highest BCUT2D eigenvalue weighted by Crippen LogP contribution is 2.25. The summed E-state index contributed by atoms with van der Waals surface area (Å²) in [5.41, 5.74) is -0.0188. The van der Waals surface area contributed by atoms with Crippen molar-refractivity contribution in [2.75, 3.05) is 33.4 Å². The lowest BCUT2D eigenvalue weighted by atomic mass is 10.1. The van der Waals surface area contributed by atoms with Gasteiger partial charge < -0.3 is 19.5 Å². The third-order valence-corrected chi connectivity index (χ3v) is 3.58. The average Bonchev–Trinajstić information content (AvgIpc) is 2.52. The van der Waals surface area contributed by atoms with Crippen molar-refractivity contribution in [3.05, 3.63) is 29.6 Å². The van der Waals surface area contributed by atoms with Crippen LogP contribution in [-0.4, -0.2) is 55.4 Å². The molecule has 1 aliphatic heterocycles. The Balaban J connectivity index is 2.02. The van der Waals surface area contributed by atoms with E-state index in [0.29, 0.717) is 32.5 Å². The van der Waals surface area contributed by atoms with Crippen molar-refractivity contribution in [3.8, 4) is 5.75 Å². The van der Waals surface area contributed by atoms with Gasteiger partial charge in [-0.25, -0.2) is 4.39 Å². The molecular formula is C15H20FNO4. The first-order valence-electron chi connectivity index (χ1n) is 7.01. The van der Waals surface area contributed by atoms with Crippen molar-refractivity contribution in [1.82, 2.24) is 4.90 Å². The van der Waals surface area contributed by atoms with Crippen LogP contribution in [0.15, 0.2) is 18.2 Å². The highest BCUT2D eigenvalue weighted by molar-refractivity contribution is 5.97. The van der Waals surface area contributed by atoms with E-state index >= 15 is 0 Å². The Morgan fingerprint density at radius 3 is 2.76 bits per heavy atom. The van der Waals surface area contributed by atoms with Gasteiger partial charge in [-0.3, -0.25) is 4.79 Å². The second-order valence-corrected chi connectivity index (χ2v) is 4.90. The van der Waals surface area contributed by atoms with Gasteiger partial charge in [-0.05, 0) is 25.0 Å². The number of nitrogens with zero attached hydrogens (tertiary/aromatic N) is 1. The molecule has 0 saturated carbocycles. The third-order valence-electron chi connectivity index (χ3n) is 3.58. The maximum atomic E-state index is 13.9. The molecule has 2 rings (SSSR count). The molecule has 0 radical (unpaired) electrons. The first-order chi connectivity index (χ1) is 10.2. The molecule has 0 spiro atoms. The zero-order valence-corrected chi connectivity index (χ0v) is 12.0. The number of benzene rings is 1. The Morgan fingerprint density at radius 2 is 2.14 bits per heavy atom. The Kier molecular flexibility index (Phi) is 5.52. The summed E-state index contributed by atoms with van der Waals surface area (Å²) in [4.78, 5) is 14.1. The van der Waals surface area contributed by atoms with Crippen LogP contribution >= 0.6 is 0 Å². The third kappa shape index (κ3) is 3.71. The van der Waals surface area contributed by atoms with E-state index in [0.717, 1.165) is 0 Å². The Hall–Kier alpha value is -1.66. The molecule has 6 heteroatoms. The number of rotatable bonds is 5. The lowest BCUT2D eigenvalue weighted by molar-refractivity contribution is -0.00566. The highest BCUT2D eigenvalue weighted by Gasteiger charge is 2.27. The summed E-state index contributed by atoms with van der Waals surface area (Å²) in [6.45, 7) is 1.31. The SMILES string of the molecule is COc1cccc(F)c1C(=O)N1CCC(OCCO)CC1. The monoisotopic (exact) mass is 297 g/mol. The van der Waals surface area contributed by atoms with Gasteiger partial charge in [-0.15, -0.1) is 0 Å². The largest absolute Gasteiger partial charge is 0.496 e. The number of ether oxygens (including phenoxy) is 2. The fraction of sp³-hybridized carbons (Fsp3) is 0.533. The number of carbonyl (C=O) groups excluding carboxylic acids is 1. The first-order valence-corrected chi connectivity index (χ1v) is 7.01. The van der Waals surface area contributed by atoms with Crippen molar-refractivity contribution in [1.29, 1.82) is 0 Å². The molecule has 0 aromatic heterocycles. The van der Waals surface area contributed by atoms with Crippen LogP contribution < -0.4 is 4.74 Å². The minimum atomic E-state index is -0.571. The lowest BCUT2D eigenvalue weighted by Crippen LogP contribution is -2.41. The second-order valence-electron chi connectivity index (χ2n) is 4.90. The quantitative estimate of drug-likeness (QED) is 0.893. The van der Waals surface area contributed by atoms with Gasteiger partial charge in [-0.2, -0.15) is 0 Å². The average molecular weight is 297 g/mol. The molecule has 0 bridgehead atoms. The number of aliphatic hydroxyl groups excluding tert-OH is 1. The predicted octanol–water partition coefficient (Wildman–Crippen LogP) is 1.45. The molecule has 1 aromatic carbocycles. The number of methoxy groups -OCH3 is 1. The number of hydrogen-bond acceptors (Lipinski definition) is 4. The van der Waals surface area contributed by atoms with E-state index in [1.165, 1.54) is 19.2 Å². The van der Waals surface area contributed by atoms with E-state index in [1.807, 2.05) is 0 Å². The molecule has 1 aliphatic rings. The summed E-state index contributed by atoms with van der Waals surface area (Å²) < 4.78 is 24.4. The number of aliphatic hydroxyl groups is 1. The summed E-state index contributed by atoms with van der Waals surface area (Å²) in [7, 11) is 1.42. The molecule has 1 amide bonds. The van der Waals surface area contributed by atoms with E-state index in [4.69, 9.17) is 14.6 Å². The van der Waals surface area contributed by atoms with Crippen LogP contribution in [0.1, 0.15) is 23.2 Å². The highest BCUT2D eigenvalue weighted by atomic mass is 19.1. The molecule has 1 N–H and O–H groups in total. The zero-order valence-electron chi connectivity index (χ0n) is 12.0. The van der Waals surface area contributed by atoms with Crippen LogP contribution in [0, 0.1) is 5.82 Å². The van der Waals surface area contributed by atoms with Crippen molar-refractivity contribution >= 4 is 5.91 Å². The van der Waals surface area contributed by atoms with Crippen LogP contribution in [0.25, 0.3) is 0 Å². The normalized spacial score (nSPS) is 16.0. The Bertz CT molecular complexity index is 487. The summed E-state index contributed by atoms with van der Waals surface area (Å²) in [6.07, 6.45) is 1.41. The van der Waals surface area contributed by atoms with Crippen LogP contribution in [0.2, 0.25) is 0 Å². The maximum absolute atomic E-state index is 13.9. The number of amides is 1. The predicted molar refractivity (Wildman–Crippen MR) is 74.9 cm³/mol. The summed E-state index contributed by atoms with van der Waals surface area (Å²) in [5, 5.41) is 8.73. The Labute approximate surface area is 123 Å². The van der Waals surface area contributed by atoms with E-state index in [-0.39, 0.29) is 29.9 Å². The standard InChI is InChI=1S/C15H20FNO4/c1-20-13-4-2-3-12(16)14(13)15(19)17-7-5-11(6-8-17)21-10-9-18/h2-4,11,18H,5-10H2,1H3. The van der Waals surface area contributed by atoms with Gasteiger partial charge in [0.2, 0.25) is 0 Å². The molecule has 0 atom stereocenters. The number of piperidine rings is 1. The minimum absolute atomic E-state index is 0.00836. The summed E-state index contributed by atoms with van der Waals surface area (Å²) >= 11 is 0. The van der Waals surface area contributed by atoms with Crippen LogP contribution in [0.3, 0.4) is 0 Å². The van der Waals surface area contributed by atoms with Crippen LogP contribution in [0.4, 0.5) is 4.39 Å². The van der Waals surface area contributed by atoms with E-state index in [2.05, 4.69) is 0 Å². The van der Waals surface area contributed by atoms with Crippen molar-refractivity contribution in [2.45, 2.75) is 18.9 Å². The van der Waals surface area contributed by atoms with Gasteiger partial charge in [0, 0.05) is 13.1 Å².